The Morgan fingerprint density at radius 1 is 1.44 bits per heavy atom. The van der Waals surface area contributed by atoms with Crippen molar-refractivity contribution in [1.29, 1.82) is 0 Å². The van der Waals surface area contributed by atoms with Crippen LogP contribution in [0.3, 0.4) is 0 Å². The molecule has 0 saturated carbocycles. The fraction of sp³-hybridized carbons (Fsp3) is 1.00. The Hall–Kier alpha value is 0.540. The summed E-state index contributed by atoms with van der Waals surface area (Å²) in [6.07, 6.45) is 0. The molecule has 0 spiro atoms. The Balaban J connectivity index is 0. The van der Waals surface area contributed by atoms with Gasteiger partial charge in [0, 0.05) is 13.1 Å². The third-order valence-electron chi connectivity index (χ3n) is 0.906. The van der Waals surface area contributed by atoms with Gasteiger partial charge in [0.2, 0.25) is 0 Å². The quantitative estimate of drug-likeness (QED) is 0.591. The largest absolute Gasteiger partial charge is 0.220 e. The van der Waals surface area contributed by atoms with E-state index in [-0.39, 0.29) is 12.4 Å². The van der Waals surface area contributed by atoms with Gasteiger partial charge in [0.1, 0.15) is 0 Å². The minimum atomic E-state index is 0. The molecule has 58 valence electrons. The van der Waals surface area contributed by atoms with Crippen molar-refractivity contribution in [2.45, 2.75) is 20.8 Å². The van der Waals surface area contributed by atoms with E-state index < -0.39 is 0 Å². The SMILES string of the molecule is CCN(Cl)CC(C)C.Cl. The van der Waals surface area contributed by atoms with Crippen LogP contribution in [-0.2, 0) is 0 Å². The van der Waals surface area contributed by atoms with E-state index in [1.165, 1.54) is 0 Å². The molecule has 0 unspecified atom stereocenters. The lowest BCUT2D eigenvalue weighted by Crippen LogP contribution is -2.16. The van der Waals surface area contributed by atoms with E-state index in [0.717, 1.165) is 13.1 Å². The van der Waals surface area contributed by atoms with Gasteiger partial charge in [-0.2, -0.15) is 0 Å². The van der Waals surface area contributed by atoms with Crippen LogP contribution in [0.5, 0.6) is 0 Å². The molecule has 0 aliphatic carbocycles. The number of hydrogen-bond acceptors (Lipinski definition) is 1. The van der Waals surface area contributed by atoms with Crippen LogP contribution in [0.2, 0.25) is 0 Å². The van der Waals surface area contributed by atoms with Crippen molar-refractivity contribution >= 4 is 24.2 Å². The van der Waals surface area contributed by atoms with Crippen molar-refractivity contribution in [3.63, 3.8) is 0 Å². The summed E-state index contributed by atoms with van der Waals surface area (Å²) < 4.78 is 1.80. The van der Waals surface area contributed by atoms with E-state index in [4.69, 9.17) is 11.8 Å². The molecule has 0 fully saturated rings. The molecule has 3 heteroatoms. The minimum Gasteiger partial charge on any atom is -0.220 e. The van der Waals surface area contributed by atoms with Crippen molar-refractivity contribution in [3.8, 4) is 0 Å². The second-order valence-electron chi connectivity index (χ2n) is 2.36. The van der Waals surface area contributed by atoms with Crippen molar-refractivity contribution in [2.24, 2.45) is 5.92 Å². The molecule has 0 rings (SSSR count). The Labute approximate surface area is 68.9 Å². The third kappa shape index (κ3) is 8.54. The molecule has 0 amide bonds. The molecule has 0 aromatic rings. The van der Waals surface area contributed by atoms with E-state index in [1.54, 1.807) is 4.42 Å². The summed E-state index contributed by atoms with van der Waals surface area (Å²) in [5, 5.41) is 0. The fourth-order valence-corrected chi connectivity index (χ4v) is 0.801. The standard InChI is InChI=1S/C6H14ClN.ClH/c1-4-8(7)5-6(2)3;/h6H,4-5H2,1-3H3;1H. The fourth-order valence-electron chi connectivity index (χ4n) is 0.525. The zero-order valence-corrected chi connectivity index (χ0v) is 7.80. The lowest BCUT2D eigenvalue weighted by molar-refractivity contribution is 0.410. The summed E-state index contributed by atoms with van der Waals surface area (Å²) in [6, 6.07) is 0. The van der Waals surface area contributed by atoms with Gasteiger partial charge in [-0.1, -0.05) is 20.8 Å². The van der Waals surface area contributed by atoms with Gasteiger partial charge in [-0.3, -0.25) is 0 Å². The highest BCUT2D eigenvalue weighted by Gasteiger charge is 1.98. The minimum absolute atomic E-state index is 0. The summed E-state index contributed by atoms with van der Waals surface area (Å²) in [7, 11) is 0. The van der Waals surface area contributed by atoms with Crippen LogP contribution in [0.15, 0.2) is 0 Å². The van der Waals surface area contributed by atoms with Crippen molar-refractivity contribution in [2.75, 3.05) is 13.1 Å². The summed E-state index contributed by atoms with van der Waals surface area (Å²) in [4.78, 5) is 0. The molecule has 0 aromatic heterocycles. The molecule has 0 aliphatic heterocycles. The lowest BCUT2D eigenvalue weighted by atomic mass is 10.2. The Morgan fingerprint density at radius 3 is 2.00 bits per heavy atom. The molecule has 0 aliphatic rings. The van der Waals surface area contributed by atoms with Crippen molar-refractivity contribution < 1.29 is 0 Å². The maximum Gasteiger partial charge on any atom is 0.0161 e. The van der Waals surface area contributed by atoms with Gasteiger partial charge < -0.3 is 0 Å². The van der Waals surface area contributed by atoms with Crippen LogP contribution in [0.1, 0.15) is 20.8 Å². The van der Waals surface area contributed by atoms with Crippen LogP contribution in [0.4, 0.5) is 0 Å². The van der Waals surface area contributed by atoms with Gasteiger partial charge in [0.05, 0.1) is 0 Å². The van der Waals surface area contributed by atoms with Crippen LogP contribution in [0.25, 0.3) is 0 Å². The number of nitrogens with zero attached hydrogens (tertiary/aromatic N) is 1. The Morgan fingerprint density at radius 2 is 1.89 bits per heavy atom. The van der Waals surface area contributed by atoms with E-state index in [1.807, 2.05) is 0 Å². The molecule has 0 N–H and O–H groups in total. The van der Waals surface area contributed by atoms with Crippen molar-refractivity contribution in [1.82, 2.24) is 4.42 Å². The maximum atomic E-state index is 5.69. The normalized spacial score (nSPS) is 10.0. The van der Waals surface area contributed by atoms with Crippen LogP contribution >= 0.6 is 24.2 Å². The third-order valence-corrected chi connectivity index (χ3v) is 1.28. The monoisotopic (exact) mass is 171 g/mol. The molecule has 0 radical (unpaired) electrons. The summed E-state index contributed by atoms with van der Waals surface area (Å²) in [5.41, 5.74) is 0. The molecular formula is C6H15Cl2N. The first-order valence-corrected chi connectivity index (χ1v) is 3.41. The Kier molecular flexibility index (Phi) is 9.05. The Bertz CT molecular complexity index is 57.0. The summed E-state index contributed by atoms with van der Waals surface area (Å²) in [6.45, 7) is 8.28. The van der Waals surface area contributed by atoms with Crippen LogP contribution < -0.4 is 0 Å². The molecule has 0 heterocycles. The summed E-state index contributed by atoms with van der Waals surface area (Å²) in [5.74, 6) is 0.674. The van der Waals surface area contributed by atoms with Crippen LogP contribution in [-0.4, -0.2) is 17.5 Å². The molecule has 0 saturated heterocycles. The van der Waals surface area contributed by atoms with Gasteiger partial charge in [0.25, 0.3) is 0 Å². The molecule has 0 atom stereocenters. The topological polar surface area (TPSA) is 3.24 Å². The first kappa shape index (κ1) is 12.2. The highest BCUT2D eigenvalue weighted by Crippen LogP contribution is 1.99. The predicted molar refractivity (Wildman–Crippen MR) is 45.2 cm³/mol. The second kappa shape index (κ2) is 6.66. The molecule has 9 heavy (non-hydrogen) atoms. The number of rotatable bonds is 3. The van der Waals surface area contributed by atoms with Gasteiger partial charge in [-0.05, 0) is 17.7 Å². The molecule has 0 aromatic carbocycles. The number of halogens is 2. The summed E-state index contributed by atoms with van der Waals surface area (Å²) >= 11 is 5.69. The average molecular weight is 172 g/mol. The van der Waals surface area contributed by atoms with Crippen molar-refractivity contribution in [3.05, 3.63) is 0 Å². The molecule has 0 bridgehead atoms. The average Bonchev–Trinajstić information content (AvgIpc) is 1.65. The van der Waals surface area contributed by atoms with E-state index in [2.05, 4.69) is 20.8 Å². The highest BCUT2D eigenvalue weighted by molar-refractivity contribution is 6.13. The van der Waals surface area contributed by atoms with Gasteiger partial charge >= 0.3 is 0 Å². The zero-order valence-electron chi connectivity index (χ0n) is 6.22. The predicted octanol–water partition coefficient (Wildman–Crippen LogP) is 2.54. The van der Waals surface area contributed by atoms with Crippen LogP contribution in [0, 0.1) is 5.92 Å². The first-order valence-electron chi connectivity index (χ1n) is 3.07. The van der Waals surface area contributed by atoms with Gasteiger partial charge in [-0.25, -0.2) is 4.42 Å². The second-order valence-corrected chi connectivity index (χ2v) is 2.83. The number of hydrogen-bond donors (Lipinski definition) is 0. The van der Waals surface area contributed by atoms with E-state index in [0.29, 0.717) is 5.92 Å². The maximum absolute atomic E-state index is 5.69. The zero-order chi connectivity index (χ0) is 6.57. The lowest BCUT2D eigenvalue weighted by Gasteiger charge is -2.12. The first-order chi connectivity index (χ1) is 3.66. The molecular weight excluding hydrogens is 157 g/mol. The van der Waals surface area contributed by atoms with E-state index in [9.17, 15) is 0 Å². The van der Waals surface area contributed by atoms with Gasteiger partial charge in [0.15, 0.2) is 0 Å². The van der Waals surface area contributed by atoms with Gasteiger partial charge in [-0.15, -0.1) is 12.4 Å². The van der Waals surface area contributed by atoms with E-state index >= 15 is 0 Å². The molecule has 1 nitrogen and oxygen atoms in total. The highest BCUT2D eigenvalue weighted by atomic mass is 35.5. The smallest absolute Gasteiger partial charge is 0.0161 e.